The van der Waals surface area contributed by atoms with E-state index in [2.05, 4.69) is 38.2 Å². The van der Waals surface area contributed by atoms with Crippen LogP contribution < -0.4 is 5.32 Å². The number of unbranched alkanes of at least 4 members (excludes halogenated alkanes) is 29. The molecule has 0 aromatic heterocycles. The number of aliphatic hydroxyl groups excluding tert-OH is 5. The van der Waals surface area contributed by atoms with Gasteiger partial charge in [-0.2, -0.15) is 0 Å². The van der Waals surface area contributed by atoms with E-state index in [1.807, 2.05) is 42.5 Å². The molecular weight excluding hydrogens is 895 g/mol. The van der Waals surface area contributed by atoms with Gasteiger partial charge in [-0.3, -0.25) is 9.59 Å². The van der Waals surface area contributed by atoms with Crippen molar-refractivity contribution >= 4 is 11.9 Å². The molecule has 1 fully saturated rings. The lowest BCUT2D eigenvalue weighted by Gasteiger charge is -2.41. The summed E-state index contributed by atoms with van der Waals surface area (Å²) in [5, 5.41) is 56.8. The average molecular weight is 1000 g/mol. The zero-order valence-corrected chi connectivity index (χ0v) is 45.3. The van der Waals surface area contributed by atoms with Crippen molar-refractivity contribution in [2.45, 2.75) is 294 Å². The van der Waals surface area contributed by atoms with Crippen LogP contribution in [0, 0.1) is 0 Å². The second-order valence-electron chi connectivity index (χ2n) is 20.1. The summed E-state index contributed by atoms with van der Waals surface area (Å²) in [6.45, 7) is 5.61. The number of ether oxygens (including phenoxy) is 3. The second-order valence-corrected chi connectivity index (χ2v) is 20.1. The number of hydrogen-bond acceptors (Lipinski definition) is 10. The van der Waals surface area contributed by atoms with Gasteiger partial charge in [0.05, 0.1) is 25.4 Å². The number of aliphatic hydroxyl groups is 5. The summed E-state index contributed by atoms with van der Waals surface area (Å²) in [5.41, 5.74) is 0. The summed E-state index contributed by atoms with van der Waals surface area (Å²) in [6, 6.07) is -1.03. The van der Waals surface area contributed by atoms with Gasteiger partial charge < -0.3 is 45.1 Å². The molecule has 0 saturated carbocycles. The van der Waals surface area contributed by atoms with Crippen molar-refractivity contribution in [3.05, 3.63) is 60.8 Å². The van der Waals surface area contributed by atoms with Crippen LogP contribution in [0.2, 0.25) is 0 Å². The Kier molecular flexibility index (Phi) is 45.2. The maximum atomic E-state index is 13.4. The standard InChI is InChI=1S/C60H107NO10/c1-4-7-10-13-16-19-22-24-25-26-27-28-30-32-35-38-41-44-47-53(64)59(68)61-51(52(63)46-43-40-37-34-31-21-18-15-12-9-6-3)50-69-60-58(57(67)56(66)54(49-62)70-60)71-55(65)48-45-42-39-36-33-29-23-20-17-14-11-8-5-2/h8,11,14,17,20,23,29,33,43,46,51-54,56-58,60,62-64,66-67H,4-7,9-10,12-13,15-16,18-19,21-22,24-28,30-32,34-42,44-45,47-50H2,1-3H3,(H,61,68)/b11-8+,17-14+,23-20-,33-29-,46-43+. The summed E-state index contributed by atoms with van der Waals surface area (Å²) >= 11 is 0. The summed E-state index contributed by atoms with van der Waals surface area (Å²) in [6.07, 6.45) is 48.5. The Hall–Kier alpha value is -2.64. The van der Waals surface area contributed by atoms with Gasteiger partial charge in [0.2, 0.25) is 5.91 Å². The van der Waals surface area contributed by atoms with Gasteiger partial charge in [-0.05, 0) is 44.9 Å². The van der Waals surface area contributed by atoms with E-state index in [1.165, 1.54) is 135 Å². The first-order valence-corrected chi connectivity index (χ1v) is 29.1. The SMILES string of the molecule is CC/C=C/C=C/C=C\C=C/CCCCCC(=O)OC1C(OCC(NC(=O)C(O)CCCCCCCCCCCCCCCCCCCC)C(O)/C=C/CCCCCCCCCCC)OC(CO)C(O)C1O. The highest BCUT2D eigenvalue weighted by atomic mass is 16.7. The molecular formula is C60H107NO10. The minimum atomic E-state index is -1.63. The Morgan fingerprint density at radius 3 is 1.52 bits per heavy atom. The first-order chi connectivity index (χ1) is 34.7. The van der Waals surface area contributed by atoms with Crippen molar-refractivity contribution in [1.29, 1.82) is 0 Å². The molecule has 6 N–H and O–H groups in total. The Balaban J connectivity index is 2.71. The molecule has 0 aliphatic carbocycles. The third-order valence-electron chi connectivity index (χ3n) is 13.5. The van der Waals surface area contributed by atoms with Crippen LogP contribution >= 0.6 is 0 Å². The number of carbonyl (C=O) groups is 2. The largest absolute Gasteiger partial charge is 0.454 e. The van der Waals surface area contributed by atoms with Gasteiger partial charge in [0.1, 0.15) is 24.4 Å². The molecule has 71 heavy (non-hydrogen) atoms. The first kappa shape index (κ1) is 66.4. The summed E-state index contributed by atoms with van der Waals surface area (Å²) in [4.78, 5) is 26.4. The highest BCUT2D eigenvalue weighted by molar-refractivity contribution is 5.80. The van der Waals surface area contributed by atoms with Crippen molar-refractivity contribution in [3.8, 4) is 0 Å². The van der Waals surface area contributed by atoms with Crippen molar-refractivity contribution in [1.82, 2.24) is 5.32 Å². The molecule has 11 heteroatoms. The van der Waals surface area contributed by atoms with Crippen molar-refractivity contribution in [2.75, 3.05) is 13.2 Å². The molecule has 1 heterocycles. The van der Waals surface area contributed by atoms with Crippen LogP contribution in [-0.4, -0.2) is 99.6 Å². The maximum Gasteiger partial charge on any atom is 0.306 e. The second kappa shape index (κ2) is 48.3. The third kappa shape index (κ3) is 36.9. The lowest BCUT2D eigenvalue weighted by atomic mass is 9.99. The predicted octanol–water partition coefficient (Wildman–Crippen LogP) is 13.1. The van der Waals surface area contributed by atoms with Crippen LogP contribution in [-0.2, 0) is 23.8 Å². The molecule has 11 nitrogen and oxygen atoms in total. The normalized spacial score (nSPS) is 20.0. The van der Waals surface area contributed by atoms with Crippen molar-refractivity contribution < 1.29 is 49.3 Å². The third-order valence-corrected chi connectivity index (χ3v) is 13.5. The Labute approximate surface area is 433 Å². The summed E-state index contributed by atoms with van der Waals surface area (Å²) in [7, 11) is 0. The van der Waals surface area contributed by atoms with E-state index < -0.39 is 67.4 Å². The number of allylic oxidation sites excluding steroid dienone is 9. The molecule has 1 rings (SSSR count). The molecule has 1 aliphatic heterocycles. The zero-order chi connectivity index (χ0) is 51.8. The van der Waals surface area contributed by atoms with Gasteiger partial charge in [0.25, 0.3) is 0 Å². The first-order valence-electron chi connectivity index (χ1n) is 29.1. The maximum absolute atomic E-state index is 13.4. The Bertz CT molecular complexity index is 1380. The molecule has 8 atom stereocenters. The zero-order valence-electron chi connectivity index (χ0n) is 45.3. The van der Waals surface area contributed by atoms with Gasteiger partial charge in [0, 0.05) is 6.42 Å². The monoisotopic (exact) mass is 1000 g/mol. The summed E-state index contributed by atoms with van der Waals surface area (Å²) in [5.74, 6) is -1.23. The fraction of sp³-hybridized carbons (Fsp3) is 0.800. The molecule has 412 valence electrons. The predicted molar refractivity (Wildman–Crippen MR) is 292 cm³/mol. The molecule has 0 bridgehead atoms. The van der Waals surface area contributed by atoms with Crippen LogP contribution in [0.25, 0.3) is 0 Å². The minimum absolute atomic E-state index is 0.0771. The number of hydrogen-bond donors (Lipinski definition) is 6. The number of carbonyl (C=O) groups excluding carboxylic acids is 2. The minimum Gasteiger partial charge on any atom is -0.454 e. The van der Waals surface area contributed by atoms with Gasteiger partial charge >= 0.3 is 5.97 Å². The van der Waals surface area contributed by atoms with Crippen LogP contribution in [0.1, 0.15) is 245 Å². The van der Waals surface area contributed by atoms with E-state index in [-0.39, 0.29) is 19.4 Å². The van der Waals surface area contributed by atoms with Gasteiger partial charge in [-0.15, -0.1) is 0 Å². The van der Waals surface area contributed by atoms with Gasteiger partial charge in [0.15, 0.2) is 12.4 Å². The van der Waals surface area contributed by atoms with E-state index in [1.54, 1.807) is 6.08 Å². The summed E-state index contributed by atoms with van der Waals surface area (Å²) < 4.78 is 17.5. The number of rotatable bonds is 48. The lowest BCUT2D eigenvalue weighted by molar-refractivity contribution is -0.305. The molecule has 1 saturated heterocycles. The fourth-order valence-electron chi connectivity index (χ4n) is 8.90. The Morgan fingerprint density at radius 2 is 1.01 bits per heavy atom. The number of nitrogens with one attached hydrogen (secondary N) is 1. The number of amides is 1. The van der Waals surface area contributed by atoms with E-state index in [4.69, 9.17) is 14.2 Å². The smallest absolute Gasteiger partial charge is 0.306 e. The van der Waals surface area contributed by atoms with Crippen LogP contribution in [0.4, 0.5) is 0 Å². The lowest BCUT2D eigenvalue weighted by Crippen LogP contribution is -2.61. The van der Waals surface area contributed by atoms with E-state index in [9.17, 15) is 35.1 Å². The number of esters is 1. The molecule has 8 unspecified atom stereocenters. The van der Waals surface area contributed by atoms with E-state index in [0.717, 1.165) is 64.2 Å². The topological polar surface area (TPSA) is 175 Å². The van der Waals surface area contributed by atoms with Crippen LogP contribution in [0.15, 0.2) is 60.8 Å². The van der Waals surface area contributed by atoms with E-state index >= 15 is 0 Å². The average Bonchev–Trinajstić information content (AvgIpc) is 3.37. The van der Waals surface area contributed by atoms with Crippen LogP contribution in [0.3, 0.4) is 0 Å². The molecule has 0 radical (unpaired) electrons. The highest BCUT2D eigenvalue weighted by Crippen LogP contribution is 2.26. The molecule has 0 aromatic carbocycles. The quantitative estimate of drug-likeness (QED) is 0.0149. The molecule has 1 amide bonds. The molecule has 0 spiro atoms. The van der Waals surface area contributed by atoms with Gasteiger partial charge in [-0.25, -0.2) is 0 Å². The molecule has 1 aliphatic rings. The molecule has 0 aromatic rings. The van der Waals surface area contributed by atoms with Crippen LogP contribution in [0.5, 0.6) is 0 Å². The highest BCUT2D eigenvalue weighted by Gasteiger charge is 2.47. The van der Waals surface area contributed by atoms with Crippen molar-refractivity contribution in [2.24, 2.45) is 0 Å². The van der Waals surface area contributed by atoms with E-state index in [0.29, 0.717) is 12.8 Å². The fourth-order valence-corrected chi connectivity index (χ4v) is 8.90. The van der Waals surface area contributed by atoms with Gasteiger partial charge in [-0.1, -0.05) is 255 Å². The Morgan fingerprint density at radius 1 is 0.563 bits per heavy atom. The van der Waals surface area contributed by atoms with Crippen molar-refractivity contribution in [3.63, 3.8) is 0 Å².